The average Bonchev–Trinajstić information content (AvgIpc) is 2.45. The van der Waals surface area contributed by atoms with Gasteiger partial charge in [0.05, 0.1) is 5.69 Å². The molecule has 0 spiro atoms. The van der Waals surface area contributed by atoms with Crippen molar-refractivity contribution in [2.75, 3.05) is 10.7 Å². The molecule has 0 atom stereocenters. The number of benzene rings is 1. The SMILES string of the molecule is CC(=O)c1cc(C(C)=O)c(N2C(=O)CCSC2=S)cc1C(C)=O. The summed E-state index contributed by atoms with van der Waals surface area (Å²) in [5.74, 6) is -0.555. The smallest absolute Gasteiger partial charge is 0.233 e. The summed E-state index contributed by atoms with van der Waals surface area (Å²) in [5.41, 5.74) is 0.839. The fourth-order valence-corrected chi connectivity index (χ4v) is 3.61. The highest BCUT2D eigenvalue weighted by atomic mass is 32.2. The third-order valence-corrected chi connectivity index (χ3v) is 4.86. The van der Waals surface area contributed by atoms with Crippen LogP contribution >= 0.6 is 24.0 Å². The Morgan fingerprint density at radius 3 is 2.00 bits per heavy atom. The highest BCUT2D eigenvalue weighted by Gasteiger charge is 2.30. The first-order chi connectivity index (χ1) is 10.7. The van der Waals surface area contributed by atoms with Crippen LogP contribution in [0.5, 0.6) is 0 Å². The maximum absolute atomic E-state index is 12.2. The fourth-order valence-electron chi connectivity index (χ4n) is 2.37. The van der Waals surface area contributed by atoms with Crippen LogP contribution < -0.4 is 4.90 Å². The van der Waals surface area contributed by atoms with Crippen LogP contribution in [0.15, 0.2) is 12.1 Å². The van der Waals surface area contributed by atoms with Crippen molar-refractivity contribution in [3.8, 4) is 0 Å². The Kier molecular flexibility index (Phi) is 5.11. The van der Waals surface area contributed by atoms with Gasteiger partial charge >= 0.3 is 0 Å². The lowest BCUT2D eigenvalue weighted by Crippen LogP contribution is -2.39. The van der Waals surface area contributed by atoms with E-state index in [4.69, 9.17) is 12.2 Å². The number of thiocarbonyl (C=S) groups is 1. The zero-order chi connectivity index (χ0) is 17.3. The Balaban J connectivity index is 2.75. The van der Waals surface area contributed by atoms with E-state index in [1.807, 2.05) is 0 Å². The predicted molar refractivity (Wildman–Crippen MR) is 93.6 cm³/mol. The normalized spacial score (nSPS) is 14.8. The van der Waals surface area contributed by atoms with Gasteiger partial charge in [-0.15, -0.1) is 0 Å². The highest BCUT2D eigenvalue weighted by molar-refractivity contribution is 8.23. The maximum Gasteiger partial charge on any atom is 0.233 e. The van der Waals surface area contributed by atoms with Gasteiger partial charge in [0.15, 0.2) is 17.3 Å². The van der Waals surface area contributed by atoms with E-state index in [2.05, 4.69) is 0 Å². The molecule has 0 aliphatic carbocycles. The predicted octanol–water partition coefficient (Wildman–Crippen LogP) is 3.05. The van der Waals surface area contributed by atoms with Crippen LogP contribution in [0.2, 0.25) is 0 Å². The quantitative estimate of drug-likeness (QED) is 0.614. The number of carbonyl (C=O) groups is 4. The van der Waals surface area contributed by atoms with Crippen molar-refractivity contribution in [1.82, 2.24) is 0 Å². The molecule has 1 heterocycles. The molecule has 0 saturated carbocycles. The number of anilines is 1. The van der Waals surface area contributed by atoms with Crippen LogP contribution in [-0.2, 0) is 4.79 Å². The Morgan fingerprint density at radius 2 is 1.52 bits per heavy atom. The molecule has 1 aromatic carbocycles. The van der Waals surface area contributed by atoms with Crippen LogP contribution in [-0.4, -0.2) is 33.3 Å². The first kappa shape index (κ1) is 17.5. The average molecular weight is 349 g/mol. The number of thioether (sulfide) groups is 1. The van der Waals surface area contributed by atoms with Crippen LogP contribution in [0.25, 0.3) is 0 Å². The molecular formula is C16H15NO4S2. The van der Waals surface area contributed by atoms with E-state index in [1.165, 1.54) is 49.6 Å². The second kappa shape index (κ2) is 6.72. The molecule has 2 rings (SSSR count). The van der Waals surface area contributed by atoms with Gasteiger partial charge in [0.2, 0.25) is 5.91 Å². The molecule has 7 heteroatoms. The number of hydrogen-bond donors (Lipinski definition) is 0. The Morgan fingerprint density at radius 1 is 1.00 bits per heavy atom. The molecule has 0 bridgehead atoms. The van der Waals surface area contributed by atoms with E-state index in [1.54, 1.807) is 0 Å². The van der Waals surface area contributed by atoms with Crippen LogP contribution in [0.4, 0.5) is 5.69 Å². The Labute approximate surface area is 143 Å². The molecule has 120 valence electrons. The number of Topliss-reactive ketones (excluding diaryl/α,β-unsaturated/α-hetero) is 3. The topological polar surface area (TPSA) is 71.5 Å². The first-order valence-corrected chi connectivity index (χ1v) is 8.34. The molecule has 1 aliphatic heterocycles. The molecule has 1 fully saturated rings. The molecule has 0 radical (unpaired) electrons. The molecule has 0 aromatic heterocycles. The number of hydrogen-bond acceptors (Lipinski definition) is 6. The van der Waals surface area contributed by atoms with E-state index in [-0.39, 0.29) is 45.6 Å². The lowest BCUT2D eigenvalue weighted by Gasteiger charge is -2.29. The van der Waals surface area contributed by atoms with Gasteiger partial charge in [-0.1, -0.05) is 24.0 Å². The summed E-state index contributed by atoms with van der Waals surface area (Å²) in [6.45, 7) is 4.02. The standard InChI is InChI=1S/C16H15NO4S2/c1-8(18)11-6-13(10(3)20)14(7-12(11)9(2)19)17-15(21)4-5-23-16(17)22/h6-7H,4-5H2,1-3H3. The van der Waals surface area contributed by atoms with Gasteiger partial charge in [0, 0.05) is 28.9 Å². The van der Waals surface area contributed by atoms with Crippen LogP contribution in [0.3, 0.4) is 0 Å². The van der Waals surface area contributed by atoms with Gasteiger partial charge in [-0.2, -0.15) is 0 Å². The van der Waals surface area contributed by atoms with Gasteiger partial charge in [0.25, 0.3) is 0 Å². The van der Waals surface area contributed by atoms with Crippen LogP contribution in [0.1, 0.15) is 58.3 Å². The number of amides is 1. The van der Waals surface area contributed by atoms with Crippen molar-refractivity contribution in [3.05, 3.63) is 28.8 Å². The number of nitrogens with zero attached hydrogens (tertiary/aromatic N) is 1. The summed E-state index contributed by atoms with van der Waals surface area (Å²) in [4.78, 5) is 49.2. The summed E-state index contributed by atoms with van der Waals surface area (Å²) in [6.07, 6.45) is 0.298. The maximum atomic E-state index is 12.2. The van der Waals surface area contributed by atoms with Crippen molar-refractivity contribution in [3.63, 3.8) is 0 Å². The monoisotopic (exact) mass is 349 g/mol. The minimum absolute atomic E-state index is 0.175. The fraction of sp³-hybridized carbons (Fsp3) is 0.312. The first-order valence-electron chi connectivity index (χ1n) is 6.94. The van der Waals surface area contributed by atoms with Gasteiger partial charge in [0.1, 0.15) is 4.32 Å². The number of carbonyl (C=O) groups excluding carboxylic acids is 4. The van der Waals surface area contributed by atoms with Crippen molar-refractivity contribution < 1.29 is 19.2 Å². The van der Waals surface area contributed by atoms with E-state index < -0.39 is 0 Å². The van der Waals surface area contributed by atoms with Crippen molar-refractivity contribution in [1.29, 1.82) is 0 Å². The van der Waals surface area contributed by atoms with Crippen molar-refractivity contribution in [2.24, 2.45) is 0 Å². The number of rotatable bonds is 4. The van der Waals surface area contributed by atoms with Crippen LogP contribution in [0, 0.1) is 0 Å². The second-order valence-corrected chi connectivity index (χ2v) is 6.91. The summed E-state index contributed by atoms with van der Waals surface area (Å²) >= 11 is 6.57. The van der Waals surface area contributed by atoms with Crippen molar-refractivity contribution >= 4 is 57.2 Å². The molecule has 1 saturated heterocycles. The Hall–Kier alpha value is -1.86. The minimum Gasteiger partial charge on any atom is -0.294 e. The summed E-state index contributed by atoms with van der Waals surface area (Å²) < 4.78 is 0.342. The van der Waals surface area contributed by atoms with Gasteiger partial charge in [-0.25, -0.2) is 0 Å². The zero-order valence-electron chi connectivity index (χ0n) is 13.0. The highest BCUT2D eigenvalue weighted by Crippen LogP contribution is 2.32. The molecule has 23 heavy (non-hydrogen) atoms. The van der Waals surface area contributed by atoms with E-state index >= 15 is 0 Å². The molecule has 0 N–H and O–H groups in total. The molecule has 1 aliphatic rings. The molecule has 0 unspecified atom stereocenters. The third-order valence-electron chi connectivity index (χ3n) is 3.49. The van der Waals surface area contributed by atoms with Gasteiger partial charge in [-0.05, 0) is 32.9 Å². The summed E-state index contributed by atoms with van der Waals surface area (Å²) in [6, 6.07) is 2.80. The van der Waals surface area contributed by atoms with Gasteiger partial charge in [-0.3, -0.25) is 24.1 Å². The second-order valence-electron chi connectivity index (χ2n) is 5.18. The molecule has 1 aromatic rings. The van der Waals surface area contributed by atoms with E-state index in [0.717, 1.165) is 0 Å². The zero-order valence-corrected chi connectivity index (χ0v) is 14.6. The summed E-state index contributed by atoms with van der Waals surface area (Å²) in [7, 11) is 0. The number of ketones is 3. The third kappa shape index (κ3) is 3.40. The lowest BCUT2D eigenvalue weighted by molar-refractivity contribution is -0.117. The lowest BCUT2D eigenvalue weighted by atomic mass is 9.95. The minimum atomic E-state index is -0.314. The molecular weight excluding hydrogens is 334 g/mol. The molecule has 5 nitrogen and oxygen atoms in total. The Bertz CT molecular complexity index is 739. The van der Waals surface area contributed by atoms with E-state index in [0.29, 0.717) is 16.5 Å². The van der Waals surface area contributed by atoms with Crippen molar-refractivity contribution in [2.45, 2.75) is 27.2 Å². The summed E-state index contributed by atoms with van der Waals surface area (Å²) in [5, 5.41) is 0. The van der Waals surface area contributed by atoms with Gasteiger partial charge < -0.3 is 0 Å². The molecule has 1 amide bonds. The van der Waals surface area contributed by atoms with E-state index in [9.17, 15) is 19.2 Å². The largest absolute Gasteiger partial charge is 0.294 e.